The molecule has 2 aliphatic rings. The monoisotopic (exact) mass is 556 g/mol. The Hall–Kier alpha value is -3.02. The lowest BCUT2D eigenvalue weighted by molar-refractivity contribution is -0.142. The van der Waals surface area contributed by atoms with Gasteiger partial charge in [-0.25, -0.2) is 4.79 Å². The number of fused-ring (bicyclic) bond motifs is 1. The first-order valence-electron chi connectivity index (χ1n) is 13.5. The molecular formula is C27H39F3N4O5. The van der Waals surface area contributed by atoms with Gasteiger partial charge in [0.05, 0.1) is 31.2 Å². The number of aliphatic hydroxyl groups is 1. The summed E-state index contributed by atoms with van der Waals surface area (Å²) in [5.74, 6) is -1.25. The Bertz CT molecular complexity index is 1020. The Morgan fingerprint density at radius 2 is 1.92 bits per heavy atom. The van der Waals surface area contributed by atoms with Crippen molar-refractivity contribution < 1.29 is 37.4 Å². The molecule has 0 aromatic heterocycles. The van der Waals surface area contributed by atoms with E-state index in [0.717, 1.165) is 25.7 Å². The van der Waals surface area contributed by atoms with E-state index >= 15 is 0 Å². The van der Waals surface area contributed by atoms with Crippen LogP contribution in [0.4, 0.5) is 23.7 Å². The summed E-state index contributed by atoms with van der Waals surface area (Å²) in [5.41, 5.74) is 0.263. The fourth-order valence-electron chi connectivity index (χ4n) is 4.88. The van der Waals surface area contributed by atoms with Crippen LogP contribution in [0.25, 0.3) is 0 Å². The minimum absolute atomic E-state index is 0.107. The van der Waals surface area contributed by atoms with Crippen LogP contribution in [0.5, 0.6) is 5.75 Å². The van der Waals surface area contributed by atoms with Crippen molar-refractivity contribution in [2.24, 2.45) is 5.92 Å². The molecule has 0 unspecified atom stereocenters. The van der Waals surface area contributed by atoms with Crippen molar-refractivity contribution in [3.8, 4) is 5.75 Å². The molecule has 12 heteroatoms. The Kier molecular flexibility index (Phi) is 10.5. The molecule has 1 aromatic rings. The second-order valence-electron chi connectivity index (χ2n) is 10.7. The number of hydrogen-bond acceptors (Lipinski definition) is 5. The summed E-state index contributed by atoms with van der Waals surface area (Å²) in [6.45, 7) is 3.81. The Morgan fingerprint density at radius 3 is 2.56 bits per heavy atom. The number of anilines is 1. The predicted octanol–water partition coefficient (Wildman–Crippen LogP) is 4.16. The van der Waals surface area contributed by atoms with Crippen LogP contribution < -0.4 is 15.4 Å². The van der Waals surface area contributed by atoms with Crippen molar-refractivity contribution in [3.05, 3.63) is 23.8 Å². The fourth-order valence-corrected chi connectivity index (χ4v) is 4.88. The van der Waals surface area contributed by atoms with Gasteiger partial charge in [-0.2, -0.15) is 13.2 Å². The number of amides is 4. The Labute approximate surface area is 227 Å². The molecule has 3 rings (SSSR count). The van der Waals surface area contributed by atoms with Crippen LogP contribution >= 0.6 is 0 Å². The number of aliphatic hydroxyl groups excluding tert-OH is 1. The molecule has 3 N–H and O–H groups in total. The van der Waals surface area contributed by atoms with E-state index in [1.165, 1.54) is 29.5 Å². The highest BCUT2D eigenvalue weighted by Crippen LogP contribution is 2.31. The van der Waals surface area contributed by atoms with Crippen molar-refractivity contribution in [1.29, 1.82) is 0 Å². The van der Waals surface area contributed by atoms with E-state index in [1.54, 1.807) is 18.9 Å². The van der Waals surface area contributed by atoms with Crippen LogP contribution in [0.15, 0.2) is 18.2 Å². The lowest BCUT2D eigenvalue weighted by Crippen LogP contribution is -2.52. The molecule has 0 spiro atoms. The third-order valence-corrected chi connectivity index (χ3v) is 7.32. The highest BCUT2D eigenvalue weighted by atomic mass is 19.4. The second kappa shape index (κ2) is 13.4. The summed E-state index contributed by atoms with van der Waals surface area (Å²) in [5, 5.41) is 15.3. The van der Waals surface area contributed by atoms with Gasteiger partial charge in [-0.05, 0) is 38.0 Å². The summed E-state index contributed by atoms with van der Waals surface area (Å²) in [7, 11) is 1.69. The first kappa shape index (κ1) is 30.5. The highest BCUT2D eigenvalue weighted by molar-refractivity contribution is 5.99. The van der Waals surface area contributed by atoms with Crippen molar-refractivity contribution >= 4 is 23.5 Å². The minimum Gasteiger partial charge on any atom is -0.487 e. The molecule has 0 bridgehead atoms. The highest BCUT2D eigenvalue weighted by Gasteiger charge is 2.34. The zero-order chi connectivity index (χ0) is 28.7. The number of hydrogen-bond donors (Lipinski definition) is 3. The van der Waals surface area contributed by atoms with Gasteiger partial charge in [-0.15, -0.1) is 0 Å². The van der Waals surface area contributed by atoms with Crippen molar-refractivity contribution in [3.63, 3.8) is 0 Å². The molecule has 9 nitrogen and oxygen atoms in total. The molecule has 1 fully saturated rings. The zero-order valence-corrected chi connectivity index (χ0v) is 22.7. The van der Waals surface area contributed by atoms with Crippen LogP contribution in [0.1, 0.15) is 69.2 Å². The van der Waals surface area contributed by atoms with Crippen LogP contribution in [0, 0.1) is 5.92 Å². The van der Waals surface area contributed by atoms with Gasteiger partial charge in [0.1, 0.15) is 11.9 Å². The molecule has 1 heterocycles. The molecule has 1 aromatic carbocycles. The van der Waals surface area contributed by atoms with E-state index in [-0.39, 0.29) is 54.7 Å². The molecule has 0 radical (unpaired) electrons. The second-order valence-corrected chi connectivity index (χ2v) is 10.7. The summed E-state index contributed by atoms with van der Waals surface area (Å²) < 4.78 is 43.7. The minimum atomic E-state index is -4.46. The third-order valence-electron chi connectivity index (χ3n) is 7.32. The van der Waals surface area contributed by atoms with E-state index in [9.17, 15) is 32.7 Å². The van der Waals surface area contributed by atoms with Gasteiger partial charge in [-0.3, -0.25) is 9.59 Å². The van der Waals surface area contributed by atoms with Crippen LogP contribution in [-0.2, 0) is 4.79 Å². The largest absolute Gasteiger partial charge is 0.487 e. The zero-order valence-electron chi connectivity index (χ0n) is 22.7. The van der Waals surface area contributed by atoms with E-state index < -0.39 is 43.0 Å². The van der Waals surface area contributed by atoms with E-state index in [1.807, 2.05) is 6.92 Å². The fraction of sp³-hybridized carbons (Fsp3) is 0.667. The topological polar surface area (TPSA) is 111 Å². The maximum absolute atomic E-state index is 13.5. The molecular weight excluding hydrogens is 517 g/mol. The number of alkyl halides is 3. The maximum Gasteiger partial charge on any atom is 0.389 e. The van der Waals surface area contributed by atoms with E-state index in [2.05, 4.69) is 10.6 Å². The van der Waals surface area contributed by atoms with Crippen molar-refractivity contribution in [2.45, 2.75) is 83.2 Å². The molecule has 218 valence electrons. The van der Waals surface area contributed by atoms with Crippen molar-refractivity contribution in [1.82, 2.24) is 15.1 Å². The number of ether oxygens (including phenoxy) is 1. The first-order valence-corrected chi connectivity index (χ1v) is 13.5. The van der Waals surface area contributed by atoms with Gasteiger partial charge in [0.2, 0.25) is 5.91 Å². The molecule has 1 saturated carbocycles. The summed E-state index contributed by atoms with van der Waals surface area (Å²) in [6, 6.07) is 3.74. The number of carbonyl (C=O) groups excluding carboxylic acids is 3. The smallest absolute Gasteiger partial charge is 0.389 e. The van der Waals surface area contributed by atoms with E-state index in [4.69, 9.17) is 4.74 Å². The molecule has 4 amide bonds. The number of rotatable bonds is 8. The lowest BCUT2D eigenvalue weighted by Gasteiger charge is -2.38. The Balaban J connectivity index is 1.80. The quantitative estimate of drug-likeness (QED) is 0.445. The van der Waals surface area contributed by atoms with Gasteiger partial charge < -0.3 is 30.3 Å². The van der Waals surface area contributed by atoms with Crippen LogP contribution in [0.2, 0.25) is 0 Å². The lowest BCUT2D eigenvalue weighted by atomic mass is 9.96. The maximum atomic E-state index is 13.5. The summed E-state index contributed by atoms with van der Waals surface area (Å²) in [4.78, 5) is 41.5. The average Bonchev–Trinajstić information content (AvgIpc) is 2.89. The van der Waals surface area contributed by atoms with Gasteiger partial charge >= 0.3 is 12.2 Å². The SMILES string of the molecule is C[C@@H]1CN([C@@H](C)CO)C(=O)c2cc(NC(=O)CCC(F)(F)F)ccc2O[C@@H]1CN(C)C(=O)NC1CCCCC1. The van der Waals surface area contributed by atoms with Gasteiger partial charge in [0.15, 0.2) is 0 Å². The van der Waals surface area contributed by atoms with Gasteiger partial charge in [0.25, 0.3) is 5.91 Å². The number of urea groups is 1. The molecule has 0 saturated heterocycles. The predicted molar refractivity (Wildman–Crippen MR) is 140 cm³/mol. The first-order chi connectivity index (χ1) is 18.4. The molecule has 1 aliphatic carbocycles. The molecule has 39 heavy (non-hydrogen) atoms. The third kappa shape index (κ3) is 8.74. The molecule has 1 aliphatic heterocycles. The standard InChI is InChI=1S/C27H39F3N4O5/c1-17-14-34(18(2)16-35)25(37)21-13-20(31-24(36)11-12-27(28,29)30)9-10-22(21)39-23(17)15-33(3)26(38)32-19-7-5-4-6-8-19/h9-10,13,17-19,23,35H,4-8,11-12,14-16H2,1-3H3,(H,31,36)(H,32,38)/t17-,18+,23-/m1/s1. The number of halogens is 3. The average molecular weight is 557 g/mol. The number of carbonyl (C=O) groups is 3. The van der Waals surface area contributed by atoms with Crippen LogP contribution in [0.3, 0.4) is 0 Å². The molecule has 3 atom stereocenters. The number of nitrogens with one attached hydrogen (secondary N) is 2. The summed E-state index contributed by atoms with van der Waals surface area (Å²) in [6.07, 6.45) is -1.70. The number of likely N-dealkylation sites (N-methyl/N-ethyl adjacent to an activating group) is 1. The Morgan fingerprint density at radius 1 is 1.23 bits per heavy atom. The summed E-state index contributed by atoms with van der Waals surface area (Å²) >= 11 is 0. The normalized spacial score (nSPS) is 21.2. The van der Waals surface area contributed by atoms with Gasteiger partial charge in [0, 0.05) is 37.7 Å². The number of benzene rings is 1. The van der Waals surface area contributed by atoms with Crippen molar-refractivity contribution in [2.75, 3.05) is 32.1 Å². The van der Waals surface area contributed by atoms with Gasteiger partial charge in [-0.1, -0.05) is 26.2 Å². The van der Waals surface area contributed by atoms with E-state index in [0.29, 0.717) is 0 Å². The number of nitrogens with zero attached hydrogens (tertiary/aromatic N) is 2. The van der Waals surface area contributed by atoms with Crippen LogP contribution in [-0.4, -0.2) is 83.9 Å².